The molecule has 0 fully saturated rings. The minimum Gasteiger partial charge on any atom is -0.419 e. The van der Waals surface area contributed by atoms with Gasteiger partial charge in [-0.25, -0.2) is 14.4 Å². The predicted octanol–water partition coefficient (Wildman–Crippen LogP) is 6.46. The fraction of sp³-hybridized carbons (Fsp3) is 0.100. The van der Waals surface area contributed by atoms with Crippen molar-refractivity contribution in [3.63, 3.8) is 0 Å². The van der Waals surface area contributed by atoms with Crippen molar-refractivity contribution in [2.45, 2.75) is 17.2 Å². The average molecular weight is 441 g/mol. The van der Waals surface area contributed by atoms with E-state index < -0.39 is 0 Å². The number of benzene rings is 1. The summed E-state index contributed by atoms with van der Waals surface area (Å²) in [6.07, 6.45) is 1.56. The summed E-state index contributed by atoms with van der Waals surface area (Å²) in [6.45, 7) is 2.01. The molecule has 29 heavy (non-hydrogen) atoms. The van der Waals surface area contributed by atoms with E-state index in [-0.39, 0.29) is 11.1 Å². The zero-order valence-electron chi connectivity index (χ0n) is 15.1. The molecule has 0 aliphatic carbocycles. The smallest absolute Gasteiger partial charge is 0.257 e. The van der Waals surface area contributed by atoms with Crippen LogP contribution >= 0.6 is 34.4 Å². The van der Waals surface area contributed by atoms with Crippen molar-refractivity contribution in [3.8, 4) is 21.2 Å². The third-order valence-corrected chi connectivity index (χ3v) is 7.47. The molecule has 0 saturated carbocycles. The fourth-order valence-electron chi connectivity index (χ4n) is 2.79. The van der Waals surface area contributed by atoms with E-state index in [1.54, 1.807) is 52.9 Å². The lowest BCUT2D eigenvalue weighted by molar-refractivity contribution is 0.510. The van der Waals surface area contributed by atoms with E-state index in [4.69, 9.17) is 4.42 Å². The van der Waals surface area contributed by atoms with Gasteiger partial charge in [-0.2, -0.15) is 0 Å². The van der Waals surface area contributed by atoms with Gasteiger partial charge in [0.2, 0.25) is 5.89 Å². The van der Waals surface area contributed by atoms with Crippen LogP contribution in [0.1, 0.15) is 18.1 Å². The van der Waals surface area contributed by atoms with Crippen LogP contribution in [0.4, 0.5) is 4.39 Å². The Morgan fingerprint density at radius 1 is 1.07 bits per heavy atom. The maximum absolute atomic E-state index is 13.2. The topological polar surface area (TPSA) is 64.7 Å². The highest BCUT2D eigenvalue weighted by Gasteiger charge is 2.20. The molecule has 4 heterocycles. The Bertz CT molecular complexity index is 1260. The lowest BCUT2D eigenvalue weighted by Gasteiger charge is -2.06. The van der Waals surface area contributed by atoms with Crippen LogP contribution in [0.15, 0.2) is 63.6 Å². The van der Waals surface area contributed by atoms with Crippen molar-refractivity contribution >= 4 is 44.7 Å². The molecule has 0 amide bonds. The quantitative estimate of drug-likeness (QED) is 0.231. The summed E-state index contributed by atoms with van der Waals surface area (Å²) in [4.78, 5) is 10.8. The molecule has 4 aromatic heterocycles. The van der Waals surface area contributed by atoms with E-state index >= 15 is 0 Å². The molecule has 5 aromatic rings. The molecule has 0 aliphatic heterocycles. The summed E-state index contributed by atoms with van der Waals surface area (Å²) in [5.74, 6) is 0.840. The molecule has 0 aliphatic rings. The van der Waals surface area contributed by atoms with E-state index in [0.29, 0.717) is 11.8 Å². The summed E-state index contributed by atoms with van der Waals surface area (Å²) in [5.41, 5.74) is 1.82. The van der Waals surface area contributed by atoms with Gasteiger partial charge in [0.1, 0.15) is 17.2 Å². The van der Waals surface area contributed by atoms with Crippen LogP contribution in [-0.2, 0) is 0 Å². The first-order valence-electron chi connectivity index (χ1n) is 8.72. The van der Waals surface area contributed by atoms with Gasteiger partial charge in [0.05, 0.1) is 20.3 Å². The molecule has 1 aromatic carbocycles. The van der Waals surface area contributed by atoms with Gasteiger partial charge in [-0.05, 0) is 42.1 Å². The van der Waals surface area contributed by atoms with Gasteiger partial charge in [-0.1, -0.05) is 30.0 Å². The average Bonchev–Trinajstić information content (AvgIpc) is 3.47. The van der Waals surface area contributed by atoms with Gasteiger partial charge in [0.15, 0.2) is 0 Å². The molecule has 0 saturated heterocycles. The first kappa shape index (κ1) is 18.4. The van der Waals surface area contributed by atoms with E-state index in [0.717, 1.165) is 30.6 Å². The Hall–Kier alpha value is -2.62. The summed E-state index contributed by atoms with van der Waals surface area (Å²) >= 11 is 4.71. The molecule has 9 heteroatoms. The van der Waals surface area contributed by atoms with E-state index in [1.807, 2.05) is 30.5 Å². The molecule has 0 bridgehead atoms. The third kappa shape index (κ3) is 3.68. The number of hydrogen-bond donors (Lipinski definition) is 0. The van der Waals surface area contributed by atoms with Gasteiger partial charge in [0, 0.05) is 4.88 Å². The van der Waals surface area contributed by atoms with Gasteiger partial charge >= 0.3 is 0 Å². The van der Waals surface area contributed by atoms with Crippen molar-refractivity contribution in [1.82, 2.24) is 20.2 Å². The predicted molar refractivity (Wildman–Crippen MR) is 115 cm³/mol. The van der Waals surface area contributed by atoms with E-state index in [2.05, 4.69) is 20.2 Å². The van der Waals surface area contributed by atoms with Crippen molar-refractivity contribution in [2.24, 2.45) is 0 Å². The van der Waals surface area contributed by atoms with Crippen LogP contribution in [0.5, 0.6) is 0 Å². The van der Waals surface area contributed by atoms with Crippen LogP contribution in [-0.4, -0.2) is 20.2 Å². The first-order valence-corrected chi connectivity index (χ1v) is 11.3. The number of nitrogens with zero attached hydrogens (tertiary/aromatic N) is 4. The Kier molecular flexibility index (Phi) is 4.86. The summed E-state index contributed by atoms with van der Waals surface area (Å²) in [7, 11) is 0. The summed E-state index contributed by atoms with van der Waals surface area (Å²) in [5, 5.41) is 11.1. The molecule has 1 atom stereocenters. The SMILES string of the molecule is CC(Sc1ncnc2cc(-c3ccc(F)cc3)sc12)c1nnc(-c2cccs2)o1. The minimum atomic E-state index is -0.249. The second kappa shape index (κ2) is 7.66. The molecule has 1 unspecified atom stereocenters. The van der Waals surface area contributed by atoms with Crippen LogP contribution in [0, 0.1) is 5.82 Å². The van der Waals surface area contributed by atoms with Crippen molar-refractivity contribution in [2.75, 3.05) is 0 Å². The zero-order chi connectivity index (χ0) is 19.8. The number of hydrogen-bond acceptors (Lipinski definition) is 8. The standard InChI is InChI=1S/C20H13FN4OS3/c1-11(18-24-25-19(26-18)15-3-2-8-27-15)28-20-17-14(22-10-23-20)9-16(29-17)12-4-6-13(21)7-5-12/h2-11H,1H3. The monoisotopic (exact) mass is 440 g/mol. The van der Waals surface area contributed by atoms with Gasteiger partial charge in [-0.3, -0.25) is 0 Å². The Morgan fingerprint density at radius 3 is 2.72 bits per heavy atom. The third-order valence-electron chi connectivity index (χ3n) is 4.22. The lowest BCUT2D eigenvalue weighted by atomic mass is 10.2. The number of aromatic nitrogens is 4. The van der Waals surface area contributed by atoms with Gasteiger partial charge in [0.25, 0.3) is 5.89 Å². The zero-order valence-corrected chi connectivity index (χ0v) is 17.5. The molecule has 0 spiro atoms. The van der Waals surface area contributed by atoms with Crippen LogP contribution in [0.2, 0.25) is 0 Å². The Morgan fingerprint density at radius 2 is 1.93 bits per heavy atom. The molecular formula is C20H13FN4OS3. The van der Waals surface area contributed by atoms with Crippen LogP contribution in [0.3, 0.4) is 0 Å². The molecular weight excluding hydrogens is 427 g/mol. The Labute approximate surface area is 177 Å². The van der Waals surface area contributed by atoms with Crippen molar-refractivity contribution < 1.29 is 8.81 Å². The summed E-state index contributed by atoms with van der Waals surface area (Å²) < 4.78 is 20.1. The largest absolute Gasteiger partial charge is 0.419 e. The van der Waals surface area contributed by atoms with E-state index in [1.165, 1.54) is 12.1 Å². The number of halogens is 1. The Balaban J connectivity index is 1.43. The van der Waals surface area contributed by atoms with Crippen LogP contribution in [0.25, 0.3) is 31.4 Å². The van der Waals surface area contributed by atoms with Crippen LogP contribution < -0.4 is 0 Å². The first-order chi connectivity index (χ1) is 14.2. The second-order valence-corrected chi connectivity index (χ2v) is 9.52. The molecule has 5 nitrogen and oxygen atoms in total. The number of thioether (sulfide) groups is 1. The fourth-order valence-corrected chi connectivity index (χ4v) is 5.55. The lowest BCUT2D eigenvalue weighted by Crippen LogP contribution is -1.91. The normalized spacial score (nSPS) is 12.5. The van der Waals surface area contributed by atoms with Gasteiger partial charge < -0.3 is 4.42 Å². The molecule has 0 radical (unpaired) electrons. The highest BCUT2D eigenvalue weighted by Crippen LogP contribution is 2.41. The molecule has 0 N–H and O–H groups in total. The maximum atomic E-state index is 13.2. The number of fused-ring (bicyclic) bond motifs is 1. The highest BCUT2D eigenvalue weighted by molar-refractivity contribution is 7.99. The van der Waals surface area contributed by atoms with Gasteiger partial charge in [-0.15, -0.1) is 32.9 Å². The van der Waals surface area contributed by atoms with Crippen molar-refractivity contribution in [3.05, 3.63) is 65.9 Å². The van der Waals surface area contributed by atoms with Crippen molar-refractivity contribution in [1.29, 1.82) is 0 Å². The summed E-state index contributed by atoms with van der Waals surface area (Å²) in [6, 6.07) is 12.4. The molecule has 144 valence electrons. The highest BCUT2D eigenvalue weighted by atomic mass is 32.2. The molecule has 5 rings (SSSR count). The van der Waals surface area contributed by atoms with E-state index in [9.17, 15) is 4.39 Å². The number of thiophene rings is 2. The second-order valence-electron chi connectivity index (χ2n) is 6.19. The maximum Gasteiger partial charge on any atom is 0.257 e. The number of rotatable bonds is 5. The minimum absolute atomic E-state index is 0.0642.